The van der Waals surface area contributed by atoms with E-state index < -0.39 is 11.9 Å². The molecule has 0 aliphatic rings. The smallest absolute Gasteiger partial charge is 0.304 e. The summed E-state index contributed by atoms with van der Waals surface area (Å²) >= 11 is 0. The van der Waals surface area contributed by atoms with E-state index in [2.05, 4.69) is 5.32 Å². The molecule has 0 bridgehead atoms. The summed E-state index contributed by atoms with van der Waals surface area (Å²) in [7, 11) is 1.53. The van der Waals surface area contributed by atoms with E-state index in [-0.39, 0.29) is 25.3 Å². The topological polar surface area (TPSA) is 107 Å². The monoisotopic (exact) mass is 274 g/mol. The van der Waals surface area contributed by atoms with Crippen molar-refractivity contribution in [3.8, 4) is 0 Å². The minimum absolute atomic E-state index is 0.00782. The normalized spacial score (nSPS) is 10.4. The van der Waals surface area contributed by atoms with Crippen molar-refractivity contribution in [1.29, 1.82) is 0 Å². The van der Waals surface area contributed by atoms with Crippen LogP contribution in [0.2, 0.25) is 0 Å². The van der Waals surface area contributed by atoms with E-state index >= 15 is 0 Å². The minimum Gasteiger partial charge on any atom is -0.481 e. The number of nitrogens with one attached hydrogen (secondary N) is 1. The highest BCUT2D eigenvalue weighted by Crippen LogP contribution is 2.03. The Kier molecular flexibility index (Phi) is 9.42. The Morgan fingerprint density at radius 1 is 0.947 bits per heavy atom. The van der Waals surface area contributed by atoms with Crippen LogP contribution >= 0.6 is 0 Å². The Bertz CT molecular complexity index is 306. The molecule has 7 heteroatoms. The quantitative estimate of drug-likeness (QED) is 0.463. The van der Waals surface area contributed by atoms with Gasteiger partial charge in [0.1, 0.15) is 0 Å². The molecule has 0 rings (SSSR count). The van der Waals surface area contributed by atoms with Crippen LogP contribution in [-0.4, -0.2) is 59.6 Å². The fourth-order valence-electron chi connectivity index (χ4n) is 1.59. The minimum atomic E-state index is -0.896. The maximum atomic E-state index is 11.3. The second-order valence-electron chi connectivity index (χ2n) is 4.30. The fourth-order valence-corrected chi connectivity index (χ4v) is 1.59. The van der Waals surface area contributed by atoms with Crippen molar-refractivity contribution in [1.82, 2.24) is 10.2 Å². The van der Waals surface area contributed by atoms with Gasteiger partial charge in [-0.25, -0.2) is 0 Å². The summed E-state index contributed by atoms with van der Waals surface area (Å²) < 4.78 is 0. The molecule has 0 aliphatic carbocycles. The van der Waals surface area contributed by atoms with Gasteiger partial charge in [-0.05, 0) is 19.4 Å². The molecule has 0 fully saturated rings. The van der Waals surface area contributed by atoms with Gasteiger partial charge in [0.15, 0.2) is 0 Å². The molecule has 0 radical (unpaired) electrons. The molecule has 0 aromatic heterocycles. The van der Waals surface area contributed by atoms with Crippen molar-refractivity contribution in [2.24, 2.45) is 0 Å². The van der Waals surface area contributed by atoms with Gasteiger partial charge in [0.05, 0.1) is 13.0 Å². The van der Waals surface area contributed by atoms with Gasteiger partial charge in [-0.1, -0.05) is 6.42 Å². The summed E-state index contributed by atoms with van der Waals surface area (Å²) in [6, 6.07) is 0. The number of likely N-dealkylation sites (N-methyl/N-ethyl adjacent to an activating group) is 1. The molecular formula is C12H22N2O5. The van der Waals surface area contributed by atoms with Crippen molar-refractivity contribution in [2.75, 3.05) is 26.7 Å². The highest BCUT2D eigenvalue weighted by atomic mass is 16.4. The summed E-state index contributed by atoms with van der Waals surface area (Å²) in [4.78, 5) is 33.9. The lowest BCUT2D eigenvalue weighted by Gasteiger charge is -2.20. The summed E-state index contributed by atoms with van der Waals surface area (Å²) in [5.41, 5.74) is 0. The number of nitrogens with zero attached hydrogens (tertiary/aromatic N) is 1. The Hall–Kier alpha value is -1.63. The zero-order valence-corrected chi connectivity index (χ0v) is 11.2. The third-order valence-electron chi connectivity index (χ3n) is 2.65. The average Bonchev–Trinajstić information content (AvgIpc) is 2.34. The first-order chi connectivity index (χ1) is 8.95. The molecule has 0 atom stereocenters. The Balaban J connectivity index is 3.93. The number of carbonyl (C=O) groups excluding carboxylic acids is 1. The molecule has 1 amide bonds. The zero-order chi connectivity index (χ0) is 14.7. The van der Waals surface area contributed by atoms with E-state index in [1.807, 2.05) is 0 Å². The Morgan fingerprint density at radius 3 is 2.11 bits per heavy atom. The van der Waals surface area contributed by atoms with Crippen LogP contribution in [0.3, 0.4) is 0 Å². The molecule has 0 unspecified atom stereocenters. The lowest BCUT2D eigenvalue weighted by molar-refractivity contribution is -0.138. The largest absolute Gasteiger partial charge is 0.481 e. The van der Waals surface area contributed by atoms with Crippen molar-refractivity contribution < 1.29 is 24.6 Å². The van der Waals surface area contributed by atoms with Crippen LogP contribution in [0, 0.1) is 0 Å². The Labute approximate surface area is 112 Å². The predicted octanol–water partition coefficient (Wildman–Crippen LogP) is 0.154. The highest BCUT2D eigenvalue weighted by molar-refractivity contribution is 5.77. The number of rotatable bonds is 11. The van der Waals surface area contributed by atoms with Crippen LogP contribution in [0.4, 0.5) is 0 Å². The molecule has 0 spiro atoms. The van der Waals surface area contributed by atoms with Gasteiger partial charge in [-0.15, -0.1) is 0 Å². The number of hydrogen-bond donors (Lipinski definition) is 3. The molecule has 7 nitrogen and oxygen atoms in total. The lowest BCUT2D eigenvalue weighted by Crippen LogP contribution is -2.37. The molecule has 0 heterocycles. The first-order valence-corrected chi connectivity index (χ1v) is 6.32. The van der Waals surface area contributed by atoms with E-state index in [9.17, 15) is 14.4 Å². The second kappa shape index (κ2) is 10.3. The third kappa shape index (κ3) is 11.2. The van der Waals surface area contributed by atoms with Gasteiger partial charge in [0.25, 0.3) is 0 Å². The molecular weight excluding hydrogens is 252 g/mol. The Morgan fingerprint density at radius 2 is 1.58 bits per heavy atom. The molecule has 0 saturated heterocycles. The molecule has 0 saturated carbocycles. The maximum Gasteiger partial charge on any atom is 0.304 e. The lowest BCUT2D eigenvalue weighted by atomic mass is 10.2. The van der Waals surface area contributed by atoms with Crippen LogP contribution in [0.1, 0.15) is 32.1 Å². The van der Waals surface area contributed by atoms with Crippen LogP contribution in [0.15, 0.2) is 0 Å². The van der Waals surface area contributed by atoms with E-state index in [1.54, 1.807) is 4.90 Å². The molecule has 0 aliphatic heterocycles. The van der Waals surface area contributed by atoms with Crippen LogP contribution in [0.25, 0.3) is 0 Å². The van der Waals surface area contributed by atoms with Gasteiger partial charge in [-0.2, -0.15) is 0 Å². The summed E-state index contributed by atoms with van der Waals surface area (Å²) in [5.74, 6) is -1.86. The first-order valence-electron chi connectivity index (χ1n) is 6.32. The van der Waals surface area contributed by atoms with Gasteiger partial charge in [0.2, 0.25) is 5.91 Å². The number of hydrogen-bond acceptors (Lipinski definition) is 4. The van der Waals surface area contributed by atoms with Gasteiger partial charge in [-0.3, -0.25) is 19.3 Å². The summed E-state index contributed by atoms with van der Waals surface area (Å²) in [5, 5.41) is 19.6. The highest BCUT2D eigenvalue weighted by Gasteiger charge is 2.11. The summed E-state index contributed by atoms with van der Waals surface area (Å²) in [6.45, 7) is 1.09. The van der Waals surface area contributed by atoms with E-state index in [1.165, 1.54) is 7.05 Å². The van der Waals surface area contributed by atoms with Crippen molar-refractivity contribution in [3.05, 3.63) is 0 Å². The number of amides is 1. The van der Waals surface area contributed by atoms with Gasteiger partial charge in [0, 0.05) is 20.0 Å². The second-order valence-corrected chi connectivity index (χ2v) is 4.30. The number of carboxylic acids is 2. The van der Waals surface area contributed by atoms with Crippen LogP contribution in [-0.2, 0) is 14.4 Å². The van der Waals surface area contributed by atoms with Crippen LogP contribution < -0.4 is 5.32 Å². The molecule has 19 heavy (non-hydrogen) atoms. The predicted molar refractivity (Wildman–Crippen MR) is 68.9 cm³/mol. The van der Waals surface area contributed by atoms with Crippen LogP contribution in [0.5, 0.6) is 0 Å². The SMILES string of the molecule is CNC(=O)CN(CCCCCC(=O)O)CCC(=O)O. The van der Waals surface area contributed by atoms with E-state index in [0.29, 0.717) is 19.5 Å². The molecule has 0 aromatic rings. The van der Waals surface area contributed by atoms with Crippen molar-refractivity contribution in [3.63, 3.8) is 0 Å². The molecule has 110 valence electrons. The van der Waals surface area contributed by atoms with E-state index in [0.717, 1.165) is 12.8 Å². The van der Waals surface area contributed by atoms with E-state index in [4.69, 9.17) is 10.2 Å². The number of unbranched alkanes of at least 4 members (excludes halogenated alkanes) is 2. The van der Waals surface area contributed by atoms with Crippen molar-refractivity contribution in [2.45, 2.75) is 32.1 Å². The maximum absolute atomic E-state index is 11.3. The standard InChI is InChI=1S/C12H22N2O5/c1-13-10(15)9-14(8-6-12(18)19)7-4-2-3-5-11(16)17/h2-9H2,1H3,(H,13,15)(H,16,17)(H,18,19). The molecule has 0 aromatic carbocycles. The number of carbonyl (C=O) groups is 3. The number of aliphatic carboxylic acids is 2. The fraction of sp³-hybridized carbons (Fsp3) is 0.750. The van der Waals surface area contributed by atoms with Gasteiger partial charge >= 0.3 is 11.9 Å². The zero-order valence-electron chi connectivity index (χ0n) is 11.2. The first kappa shape index (κ1) is 17.4. The van der Waals surface area contributed by atoms with Crippen molar-refractivity contribution >= 4 is 17.8 Å². The third-order valence-corrected chi connectivity index (χ3v) is 2.65. The number of carboxylic acid groups (broad SMARTS) is 2. The molecule has 3 N–H and O–H groups in total. The average molecular weight is 274 g/mol. The summed E-state index contributed by atoms with van der Waals surface area (Å²) in [6.07, 6.45) is 2.24. The van der Waals surface area contributed by atoms with Gasteiger partial charge < -0.3 is 15.5 Å².